The van der Waals surface area contributed by atoms with E-state index < -0.39 is 5.09 Å². The molecule has 0 N–H and O–H groups in total. The van der Waals surface area contributed by atoms with E-state index in [1.54, 1.807) is 18.2 Å². The average Bonchev–Trinajstić information content (AvgIpc) is 2.59. The minimum Gasteiger partial charge on any atom is -0.461 e. The van der Waals surface area contributed by atoms with Crippen molar-refractivity contribution in [2.75, 3.05) is 52.5 Å². The topological polar surface area (TPSA) is 85.2 Å². The van der Waals surface area contributed by atoms with Gasteiger partial charge in [-0.2, -0.15) is 0 Å². The number of carbonyl (C=O) groups excluding carboxylic acids is 1. The first-order valence-corrected chi connectivity index (χ1v) is 8.67. The number of hydrogen-bond donors (Lipinski definition) is 1. The van der Waals surface area contributed by atoms with Gasteiger partial charge in [0.15, 0.2) is 0 Å². The molecular weight excluding hydrogens is 346 g/mol. The van der Waals surface area contributed by atoms with Crippen molar-refractivity contribution in [1.29, 1.82) is 0 Å². The fourth-order valence-electron chi connectivity index (χ4n) is 2.65. The Hall–Kier alpha value is -1.84. The molecule has 1 aliphatic heterocycles. The van der Waals surface area contributed by atoms with Gasteiger partial charge in [-0.1, -0.05) is 6.07 Å². The lowest BCUT2D eigenvalue weighted by atomic mass is 10.2. The van der Waals surface area contributed by atoms with Crippen LogP contribution in [0.4, 0.5) is 0 Å². The quantitative estimate of drug-likeness (QED) is 0.231. The Labute approximate surface area is 152 Å². The van der Waals surface area contributed by atoms with Gasteiger partial charge in [-0.05, 0) is 24.6 Å². The van der Waals surface area contributed by atoms with Crippen molar-refractivity contribution in [3.8, 4) is 0 Å². The summed E-state index contributed by atoms with van der Waals surface area (Å²) in [4.78, 5) is 31.5. The number of piperazine rings is 1. The van der Waals surface area contributed by atoms with Gasteiger partial charge >= 0.3 is 5.97 Å². The largest absolute Gasteiger partial charge is 0.461 e. The molecule has 0 unspecified atom stereocenters. The average molecular weight is 369 g/mol. The van der Waals surface area contributed by atoms with Crippen molar-refractivity contribution in [3.05, 3.63) is 39.9 Å². The van der Waals surface area contributed by atoms with Gasteiger partial charge in [0.05, 0.1) is 12.2 Å². The molecule has 0 spiro atoms. The third kappa shape index (κ3) is 7.29. The Kier molecular flexibility index (Phi) is 7.96. The molecule has 0 aromatic heterocycles. The molecule has 2 rings (SSSR count). The second kappa shape index (κ2) is 10.2. The molecule has 1 saturated heterocycles. The van der Waals surface area contributed by atoms with Crippen molar-refractivity contribution < 1.29 is 19.5 Å². The van der Waals surface area contributed by atoms with Crippen molar-refractivity contribution >= 4 is 18.6 Å². The van der Waals surface area contributed by atoms with E-state index in [9.17, 15) is 14.9 Å². The number of rotatable bonds is 9. The molecule has 9 heteroatoms. The van der Waals surface area contributed by atoms with E-state index in [1.165, 1.54) is 0 Å². The normalized spacial score (nSPS) is 15.7. The maximum Gasteiger partial charge on any atom is 0.338 e. The second-order valence-corrected chi connectivity index (χ2v) is 6.30. The molecule has 1 aromatic carbocycles. The van der Waals surface area contributed by atoms with Crippen LogP contribution in [0.1, 0.15) is 16.8 Å². The number of thiol groups is 1. The fourth-order valence-corrected chi connectivity index (χ4v) is 2.87. The number of esters is 1. The first-order valence-electron chi connectivity index (χ1n) is 8.23. The summed E-state index contributed by atoms with van der Waals surface area (Å²) in [5.74, 6) is -0.333. The first-order chi connectivity index (χ1) is 12.0. The molecule has 1 aromatic rings. The highest BCUT2D eigenvalue weighted by atomic mass is 32.1. The van der Waals surface area contributed by atoms with Crippen LogP contribution in [0.5, 0.6) is 0 Å². The maximum absolute atomic E-state index is 11.9. The second-order valence-electron chi connectivity index (χ2n) is 5.78. The van der Waals surface area contributed by atoms with E-state index in [1.807, 2.05) is 6.07 Å². The Balaban J connectivity index is 1.58. The lowest BCUT2D eigenvalue weighted by Gasteiger charge is -2.34. The molecule has 1 fully saturated rings. The molecule has 0 aliphatic carbocycles. The first kappa shape index (κ1) is 19.5. The number of ether oxygens (including phenoxy) is 1. The van der Waals surface area contributed by atoms with Crippen LogP contribution in [0, 0.1) is 10.1 Å². The van der Waals surface area contributed by atoms with Gasteiger partial charge in [0, 0.05) is 44.2 Å². The molecule has 0 radical (unpaired) electrons. The molecule has 0 amide bonds. The van der Waals surface area contributed by atoms with E-state index >= 15 is 0 Å². The molecule has 8 nitrogen and oxygen atoms in total. The van der Waals surface area contributed by atoms with Gasteiger partial charge in [0.25, 0.3) is 5.09 Å². The summed E-state index contributed by atoms with van der Waals surface area (Å²) in [6, 6.07) is 6.98. The summed E-state index contributed by atoms with van der Waals surface area (Å²) < 4.78 is 5.31. The van der Waals surface area contributed by atoms with E-state index in [0.717, 1.165) is 37.6 Å². The zero-order valence-electron chi connectivity index (χ0n) is 14.0. The van der Waals surface area contributed by atoms with Crippen LogP contribution in [0.15, 0.2) is 29.2 Å². The summed E-state index contributed by atoms with van der Waals surface area (Å²) in [7, 11) is 0. The predicted molar refractivity (Wildman–Crippen MR) is 94.4 cm³/mol. The monoisotopic (exact) mass is 369 g/mol. The van der Waals surface area contributed by atoms with Gasteiger partial charge in [-0.3, -0.25) is 4.90 Å². The number of hydrogen-bond acceptors (Lipinski definition) is 8. The van der Waals surface area contributed by atoms with Gasteiger partial charge in [-0.25, -0.2) is 4.79 Å². The van der Waals surface area contributed by atoms with Gasteiger partial charge in [0.1, 0.15) is 6.61 Å². The van der Waals surface area contributed by atoms with Gasteiger partial charge in [0.2, 0.25) is 0 Å². The molecule has 1 heterocycles. The molecule has 25 heavy (non-hydrogen) atoms. The van der Waals surface area contributed by atoms with Gasteiger partial charge < -0.3 is 14.5 Å². The molecule has 0 saturated carbocycles. The summed E-state index contributed by atoms with van der Waals surface area (Å²) in [6.07, 6.45) is 0.642. The predicted octanol–water partition coefficient (Wildman–Crippen LogP) is 1.35. The highest BCUT2D eigenvalue weighted by Gasteiger charge is 2.17. The maximum atomic E-state index is 11.9. The van der Waals surface area contributed by atoms with E-state index in [0.29, 0.717) is 25.1 Å². The van der Waals surface area contributed by atoms with E-state index in [2.05, 4.69) is 27.3 Å². The third-order valence-electron chi connectivity index (χ3n) is 4.00. The van der Waals surface area contributed by atoms with Crippen LogP contribution in [-0.2, 0) is 9.57 Å². The summed E-state index contributed by atoms with van der Waals surface area (Å²) in [5, 5.41) is 9.31. The van der Waals surface area contributed by atoms with Crippen molar-refractivity contribution in [3.63, 3.8) is 0 Å². The Bertz CT molecular complexity index is 579. The van der Waals surface area contributed by atoms with Crippen molar-refractivity contribution in [2.45, 2.75) is 11.3 Å². The van der Waals surface area contributed by atoms with Crippen molar-refractivity contribution in [2.24, 2.45) is 0 Å². The van der Waals surface area contributed by atoms with Gasteiger partial charge in [-0.15, -0.1) is 22.7 Å². The summed E-state index contributed by atoms with van der Waals surface area (Å²) in [5.41, 5.74) is 0.509. The van der Waals surface area contributed by atoms with Crippen LogP contribution >= 0.6 is 12.6 Å². The highest BCUT2D eigenvalue weighted by Crippen LogP contribution is 2.10. The minimum absolute atomic E-state index is 0.136. The zero-order valence-corrected chi connectivity index (χ0v) is 14.9. The Morgan fingerprint density at radius 2 is 1.84 bits per heavy atom. The number of carbonyl (C=O) groups is 1. The smallest absolute Gasteiger partial charge is 0.338 e. The fraction of sp³-hybridized carbons (Fsp3) is 0.562. The third-order valence-corrected chi connectivity index (χ3v) is 4.28. The van der Waals surface area contributed by atoms with Crippen LogP contribution in [-0.4, -0.2) is 73.3 Å². The van der Waals surface area contributed by atoms with Crippen LogP contribution in [0.2, 0.25) is 0 Å². The standard InChI is InChI=1S/C16H23N3O5S/c20-16(14-3-1-4-15(25)13-14)23-12-10-18-8-6-17(7-9-18)5-2-11-24-19(21)22/h1,3-4,13,25H,2,5-12H2. The van der Waals surface area contributed by atoms with Crippen molar-refractivity contribution in [1.82, 2.24) is 9.80 Å². The molecule has 138 valence electrons. The number of benzene rings is 1. The van der Waals surface area contributed by atoms with E-state index in [-0.39, 0.29) is 12.6 Å². The van der Waals surface area contributed by atoms with Crippen LogP contribution in [0.25, 0.3) is 0 Å². The minimum atomic E-state index is -0.758. The summed E-state index contributed by atoms with van der Waals surface area (Å²) >= 11 is 4.21. The van der Waals surface area contributed by atoms with Crippen LogP contribution in [0.3, 0.4) is 0 Å². The lowest BCUT2D eigenvalue weighted by Crippen LogP contribution is -2.47. The molecule has 1 aliphatic rings. The highest BCUT2D eigenvalue weighted by molar-refractivity contribution is 7.80. The zero-order chi connectivity index (χ0) is 18.1. The number of nitrogens with zero attached hydrogens (tertiary/aromatic N) is 3. The Morgan fingerprint density at radius 1 is 1.16 bits per heavy atom. The molecular formula is C16H23N3O5S. The van der Waals surface area contributed by atoms with E-state index in [4.69, 9.17) is 4.74 Å². The van der Waals surface area contributed by atoms with Crippen LogP contribution < -0.4 is 0 Å². The summed E-state index contributed by atoms with van der Waals surface area (Å²) in [6.45, 7) is 5.55. The SMILES string of the molecule is O=C(OCCN1CCN(CCCO[N+](=O)[O-])CC1)c1cccc(S)c1. The Morgan fingerprint density at radius 3 is 2.48 bits per heavy atom. The lowest BCUT2D eigenvalue weighted by molar-refractivity contribution is -0.757. The molecule has 0 bridgehead atoms. The molecule has 0 atom stereocenters.